The van der Waals surface area contributed by atoms with Crippen molar-refractivity contribution in [2.75, 3.05) is 5.32 Å². The van der Waals surface area contributed by atoms with Gasteiger partial charge >= 0.3 is 6.18 Å². The van der Waals surface area contributed by atoms with Crippen molar-refractivity contribution in [3.63, 3.8) is 0 Å². The number of aromatic nitrogens is 1. The summed E-state index contributed by atoms with van der Waals surface area (Å²) in [4.78, 5) is 23.9. The van der Waals surface area contributed by atoms with Crippen LogP contribution >= 0.6 is 11.6 Å². The Hall–Kier alpha value is -2.28. The predicted molar refractivity (Wildman–Crippen MR) is 94.4 cm³/mol. The number of hydrogen-bond donors (Lipinski definition) is 1. The maximum Gasteiger partial charge on any atom is 0.417 e. The van der Waals surface area contributed by atoms with Crippen LogP contribution in [0.4, 0.5) is 18.9 Å². The van der Waals surface area contributed by atoms with E-state index in [0.717, 1.165) is 24.8 Å². The van der Waals surface area contributed by atoms with Gasteiger partial charge in [0.1, 0.15) is 11.6 Å². The minimum atomic E-state index is -4.66. The number of amides is 1. The first-order valence-corrected chi connectivity index (χ1v) is 8.44. The highest BCUT2D eigenvalue weighted by atomic mass is 35.5. The van der Waals surface area contributed by atoms with Crippen molar-refractivity contribution in [3.8, 4) is 0 Å². The highest BCUT2D eigenvalue weighted by Crippen LogP contribution is 2.29. The van der Waals surface area contributed by atoms with Crippen molar-refractivity contribution in [3.05, 3.63) is 63.0 Å². The average molecular weight is 387 g/mol. The summed E-state index contributed by atoms with van der Waals surface area (Å²) in [6.45, 7) is 1.52. The molecule has 1 N–H and O–H groups in total. The van der Waals surface area contributed by atoms with Crippen molar-refractivity contribution in [1.82, 2.24) is 4.57 Å². The van der Waals surface area contributed by atoms with E-state index < -0.39 is 34.8 Å². The van der Waals surface area contributed by atoms with Gasteiger partial charge in [-0.3, -0.25) is 9.59 Å². The van der Waals surface area contributed by atoms with Gasteiger partial charge in [0.2, 0.25) is 5.91 Å². The van der Waals surface area contributed by atoms with Gasteiger partial charge in [0.05, 0.1) is 5.56 Å². The van der Waals surface area contributed by atoms with E-state index >= 15 is 0 Å². The molecule has 26 heavy (non-hydrogen) atoms. The number of benzene rings is 1. The minimum absolute atomic E-state index is 0.501. The highest BCUT2D eigenvalue weighted by molar-refractivity contribution is 6.30. The maximum absolute atomic E-state index is 12.8. The summed E-state index contributed by atoms with van der Waals surface area (Å²) in [5.41, 5.74) is -0.313. The van der Waals surface area contributed by atoms with E-state index in [-0.39, 0.29) is 0 Å². The first-order chi connectivity index (χ1) is 12.2. The monoisotopic (exact) mass is 386 g/mol. The second-order valence-electron chi connectivity index (χ2n) is 5.86. The molecular formula is C18H18ClF3N2O2. The van der Waals surface area contributed by atoms with Crippen LogP contribution in [0.3, 0.4) is 0 Å². The van der Waals surface area contributed by atoms with Gasteiger partial charge in [-0.25, -0.2) is 0 Å². The molecule has 0 saturated carbocycles. The number of nitrogens with zero attached hydrogens (tertiary/aromatic N) is 1. The van der Waals surface area contributed by atoms with Gasteiger partial charge in [0.25, 0.3) is 5.56 Å². The lowest BCUT2D eigenvalue weighted by Gasteiger charge is -2.12. The van der Waals surface area contributed by atoms with E-state index in [1.165, 1.54) is 0 Å². The minimum Gasteiger partial charge on any atom is -0.325 e. The smallest absolute Gasteiger partial charge is 0.325 e. The molecule has 0 spiro atoms. The summed E-state index contributed by atoms with van der Waals surface area (Å²) < 4.78 is 39.1. The van der Waals surface area contributed by atoms with E-state index in [1.807, 2.05) is 12.1 Å². The predicted octanol–water partition coefficient (Wildman–Crippen LogP) is 4.50. The van der Waals surface area contributed by atoms with Crippen LogP contribution in [-0.4, -0.2) is 10.5 Å². The lowest BCUT2D eigenvalue weighted by atomic mass is 10.1. The van der Waals surface area contributed by atoms with E-state index in [0.29, 0.717) is 22.5 Å². The van der Waals surface area contributed by atoms with Crippen LogP contribution in [0.2, 0.25) is 5.02 Å². The molecule has 4 nitrogen and oxygen atoms in total. The quantitative estimate of drug-likeness (QED) is 0.794. The standard InChI is InChI=1S/C18H18ClF3N2O2/c1-2-3-4-12-5-7-14(8-6-12)23-16(25)11-24-10-13(18(20,21)22)9-15(19)17(24)26/h5-10H,2-4,11H2,1H3,(H,23,25). The van der Waals surface area contributed by atoms with Crippen LogP contribution in [0.5, 0.6) is 0 Å². The third-order valence-corrected chi connectivity index (χ3v) is 4.01. The Labute approximate surface area is 153 Å². The largest absolute Gasteiger partial charge is 0.417 e. The van der Waals surface area contributed by atoms with Crippen LogP contribution in [0, 0.1) is 0 Å². The number of alkyl halides is 3. The number of anilines is 1. The van der Waals surface area contributed by atoms with Crippen molar-refractivity contribution in [1.29, 1.82) is 0 Å². The number of nitrogens with one attached hydrogen (secondary N) is 1. The lowest BCUT2D eigenvalue weighted by molar-refractivity contribution is -0.138. The van der Waals surface area contributed by atoms with E-state index in [2.05, 4.69) is 12.2 Å². The Morgan fingerprint density at radius 1 is 1.23 bits per heavy atom. The fourth-order valence-corrected chi connectivity index (χ4v) is 2.59. The first-order valence-electron chi connectivity index (χ1n) is 8.06. The van der Waals surface area contributed by atoms with Crippen LogP contribution < -0.4 is 10.9 Å². The first kappa shape index (κ1) is 20.0. The van der Waals surface area contributed by atoms with Crippen molar-refractivity contribution < 1.29 is 18.0 Å². The fraction of sp³-hybridized carbons (Fsp3) is 0.333. The summed E-state index contributed by atoms with van der Waals surface area (Å²) in [5, 5.41) is 1.97. The SMILES string of the molecule is CCCCc1ccc(NC(=O)Cn2cc(C(F)(F)F)cc(Cl)c2=O)cc1. The van der Waals surface area contributed by atoms with Gasteiger partial charge in [0, 0.05) is 11.9 Å². The number of carbonyl (C=O) groups excluding carboxylic acids is 1. The van der Waals surface area contributed by atoms with Crippen LogP contribution in [-0.2, 0) is 23.9 Å². The molecular weight excluding hydrogens is 369 g/mol. The van der Waals surface area contributed by atoms with Gasteiger partial charge in [-0.1, -0.05) is 37.1 Å². The molecule has 2 aromatic rings. The lowest BCUT2D eigenvalue weighted by Crippen LogP contribution is -2.29. The summed E-state index contributed by atoms with van der Waals surface area (Å²) in [5.74, 6) is -0.621. The van der Waals surface area contributed by atoms with Gasteiger partial charge in [0.15, 0.2) is 0 Å². The third-order valence-electron chi connectivity index (χ3n) is 3.74. The molecule has 1 aromatic heterocycles. The molecule has 0 aliphatic heterocycles. The molecule has 0 radical (unpaired) electrons. The molecule has 0 saturated heterocycles. The van der Waals surface area contributed by atoms with Gasteiger partial charge in [-0.15, -0.1) is 0 Å². The van der Waals surface area contributed by atoms with Crippen LogP contribution in [0.1, 0.15) is 30.9 Å². The van der Waals surface area contributed by atoms with Crippen molar-refractivity contribution in [2.45, 2.75) is 38.9 Å². The maximum atomic E-state index is 12.8. The Balaban J connectivity index is 2.10. The van der Waals surface area contributed by atoms with E-state index in [1.54, 1.807) is 12.1 Å². The molecule has 0 aliphatic carbocycles. The second-order valence-corrected chi connectivity index (χ2v) is 6.26. The normalized spacial score (nSPS) is 11.4. The Bertz CT molecular complexity index is 830. The van der Waals surface area contributed by atoms with E-state index in [9.17, 15) is 22.8 Å². The molecule has 2 rings (SSSR count). The zero-order valence-corrected chi connectivity index (χ0v) is 14.8. The fourth-order valence-electron chi connectivity index (χ4n) is 2.36. The second kappa shape index (κ2) is 8.40. The average Bonchev–Trinajstić information content (AvgIpc) is 2.57. The molecule has 0 bridgehead atoms. The Morgan fingerprint density at radius 3 is 2.46 bits per heavy atom. The Morgan fingerprint density at radius 2 is 1.88 bits per heavy atom. The molecule has 0 unspecified atom stereocenters. The summed E-state index contributed by atoms with van der Waals surface area (Å²) in [6.07, 6.45) is -1.01. The van der Waals surface area contributed by atoms with Crippen molar-refractivity contribution >= 4 is 23.2 Å². The Kier molecular flexibility index (Phi) is 6.47. The molecule has 140 valence electrons. The van der Waals surface area contributed by atoms with Gasteiger partial charge < -0.3 is 9.88 Å². The number of rotatable bonds is 6. The molecule has 1 amide bonds. The number of aryl methyl sites for hydroxylation is 1. The molecule has 1 heterocycles. The topological polar surface area (TPSA) is 51.1 Å². The van der Waals surface area contributed by atoms with E-state index in [4.69, 9.17) is 11.6 Å². The molecule has 1 aromatic carbocycles. The zero-order valence-electron chi connectivity index (χ0n) is 14.1. The van der Waals surface area contributed by atoms with Gasteiger partial charge in [-0.05, 0) is 36.6 Å². The third kappa shape index (κ3) is 5.36. The summed E-state index contributed by atoms with van der Waals surface area (Å²) in [6, 6.07) is 7.72. The molecule has 0 fully saturated rings. The van der Waals surface area contributed by atoms with Gasteiger partial charge in [-0.2, -0.15) is 13.2 Å². The molecule has 8 heteroatoms. The van der Waals surface area contributed by atoms with Crippen LogP contribution in [0.25, 0.3) is 0 Å². The summed E-state index contributed by atoms with van der Waals surface area (Å²) in [7, 11) is 0. The van der Waals surface area contributed by atoms with Crippen molar-refractivity contribution in [2.24, 2.45) is 0 Å². The number of halogens is 4. The highest BCUT2D eigenvalue weighted by Gasteiger charge is 2.32. The zero-order chi connectivity index (χ0) is 19.3. The number of carbonyl (C=O) groups is 1. The number of pyridine rings is 1. The number of hydrogen-bond acceptors (Lipinski definition) is 2. The molecule has 0 aliphatic rings. The molecule has 0 atom stereocenters. The summed E-state index contributed by atoms with van der Waals surface area (Å²) >= 11 is 5.56. The number of unbranched alkanes of at least 4 members (excludes halogenated alkanes) is 1. The van der Waals surface area contributed by atoms with Crippen LogP contribution in [0.15, 0.2) is 41.3 Å².